The second-order valence-corrected chi connectivity index (χ2v) is 7.29. The lowest BCUT2D eigenvalue weighted by Crippen LogP contribution is -2.20. The predicted molar refractivity (Wildman–Crippen MR) is 114 cm³/mol. The number of benzene rings is 2. The quantitative estimate of drug-likeness (QED) is 0.387. The van der Waals surface area contributed by atoms with E-state index in [0.717, 1.165) is 16.8 Å². The normalized spacial score (nSPS) is 12.0. The first kappa shape index (κ1) is 18.5. The van der Waals surface area contributed by atoms with Crippen LogP contribution in [0.3, 0.4) is 0 Å². The van der Waals surface area contributed by atoms with E-state index in [1.807, 2.05) is 28.8 Å². The summed E-state index contributed by atoms with van der Waals surface area (Å²) in [6.07, 6.45) is 1.69. The fourth-order valence-electron chi connectivity index (χ4n) is 3.72. The Morgan fingerprint density at radius 2 is 1.68 bits per heavy atom. The molecule has 0 unspecified atom stereocenters. The van der Waals surface area contributed by atoms with E-state index in [4.69, 9.17) is 23.2 Å². The van der Waals surface area contributed by atoms with Crippen molar-refractivity contribution in [3.05, 3.63) is 92.2 Å². The Morgan fingerprint density at radius 1 is 0.893 bits per heavy atom. The fraction of sp³-hybridized carbons (Fsp3) is 0.0909. The molecule has 0 fully saturated rings. The van der Waals surface area contributed by atoms with Gasteiger partial charge in [0.25, 0.3) is 5.91 Å². The third-order valence-corrected chi connectivity index (χ3v) is 5.66. The number of hydrogen-bond donors (Lipinski definition) is 0. The molecule has 0 saturated heterocycles. The molecule has 0 bridgehead atoms. The number of carbonyl (C=O) groups excluding carboxylic acids is 1. The average molecular weight is 411 g/mol. The number of aromatic nitrogens is 2. The van der Waals surface area contributed by atoms with Gasteiger partial charge in [-0.2, -0.15) is 0 Å². The number of rotatable bonds is 2. The van der Waals surface area contributed by atoms with Gasteiger partial charge in [-0.3, -0.25) is 14.2 Å². The van der Waals surface area contributed by atoms with Crippen LogP contribution in [0.5, 0.6) is 0 Å². The summed E-state index contributed by atoms with van der Waals surface area (Å²) in [7, 11) is 0. The first-order valence-electron chi connectivity index (χ1n) is 8.38. The lowest BCUT2D eigenvalue weighted by atomic mass is 10.1. The summed E-state index contributed by atoms with van der Waals surface area (Å²) in [6, 6.07) is 16.4. The van der Waals surface area contributed by atoms with E-state index in [1.165, 1.54) is 4.57 Å². The minimum Gasteiger partial charge on any atom is -0.334 e. The smallest absolute Gasteiger partial charge is 0.268 e. The van der Waals surface area contributed by atoms with E-state index in [2.05, 4.69) is 0 Å². The summed E-state index contributed by atoms with van der Waals surface area (Å²) in [4.78, 5) is 25.8. The molecule has 1 aliphatic heterocycles. The van der Waals surface area contributed by atoms with Crippen molar-refractivity contribution in [3.63, 3.8) is 0 Å². The topological polar surface area (TPSA) is 44.0 Å². The van der Waals surface area contributed by atoms with Crippen LogP contribution in [-0.4, -0.2) is 15.0 Å². The Hall–Kier alpha value is -2.82. The Labute approximate surface area is 171 Å². The van der Waals surface area contributed by atoms with Gasteiger partial charge in [0.05, 0.1) is 26.9 Å². The van der Waals surface area contributed by atoms with Crippen LogP contribution in [0, 0.1) is 0 Å². The SMILES string of the molecule is C.O=C1c2c(n(Cc3ccc(Cl)c(Cl)c3)c3ccccc3c2=O)-c2cccn21. The number of nitrogens with zero attached hydrogens (tertiary/aromatic N) is 2. The zero-order valence-electron chi connectivity index (χ0n) is 13.9. The molecule has 1 aliphatic rings. The molecule has 0 radical (unpaired) electrons. The van der Waals surface area contributed by atoms with E-state index >= 15 is 0 Å². The number of fused-ring (bicyclic) bond motifs is 4. The number of halogens is 2. The van der Waals surface area contributed by atoms with Gasteiger partial charge in [0.15, 0.2) is 0 Å². The molecule has 2 aromatic carbocycles. The van der Waals surface area contributed by atoms with Gasteiger partial charge in [0, 0.05) is 18.1 Å². The van der Waals surface area contributed by atoms with Gasteiger partial charge in [-0.25, -0.2) is 0 Å². The summed E-state index contributed by atoms with van der Waals surface area (Å²) in [5.74, 6) is -0.288. The minimum absolute atomic E-state index is 0. The van der Waals surface area contributed by atoms with E-state index in [1.54, 1.807) is 36.5 Å². The maximum Gasteiger partial charge on any atom is 0.268 e. The van der Waals surface area contributed by atoms with Gasteiger partial charge in [0.2, 0.25) is 5.43 Å². The van der Waals surface area contributed by atoms with Crippen molar-refractivity contribution < 1.29 is 4.79 Å². The third-order valence-electron chi connectivity index (χ3n) is 4.92. The summed E-state index contributed by atoms with van der Waals surface area (Å²) < 4.78 is 3.53. The van der Waals surface area contributed by atoms with Gasteiger partial charge in [-0.05, 0) is 42.0 Å². The first-order valence-corrected chi connectivity index (χ1v) is 9.14. The van der Waals surface area contributed by atoms with Gasteiger partial charge < -0.3 is 4.57 Å². The number of hydrogen-bond acceptors (Lipinski definition) is 2. The molecule has 4 aromatic rings. The maximum absolute atomic E-state index is 13.0. The highest BCUT2D eigenvalue weighted by Crippen LogP contribution is 2.34. The van der Waals surface area contributed by atoms with Gasteiger partial charge >= 0.3 is 0 Å². The molecule has 4 nitrogen and oxygen atoms in total. The molecule has 0 atom stereocenters. The van der Waals surface area contributed by atoms with Crippen LogP contribution in [-0.2, 0) is 6.54 Å². The standard InChI is InChI=1S/C21H12Cl2N2O2.CH4/c22-14-8-7-12(10-15(14)23)11-25-16-5-2-1-4-13(16)20(26)18-19(25)17-6-3-9-24(17)21(18)27;/h1-10H,11H2;1H4. The molecule has 3 heterocycles. The number of carbonyl (C=O) groups is 1. The summed E-state index contributed by atoms with van der Waals surface area (Å²) in [5.41, 5.74) is 3.04. The van der Waals surface area contributed by atoms with Crippen molar-refractivity contribution in [2.24, 2.45) is 0 Å². The lowest BCUT2D eigenvalue weighted by Gasteiger charge is -2.16. The molecule has 28 heavy (non-hydrogen) atoms. The second-order valence-electron chi connectivity index (χ2n) is 6.47. The van der Waals surface area contributed by atoms with Crippen molar-refractivity contribution in [3.8, 4) is 11.4 Å². The fourth-order valence-corrected chi connectivity index (χ4v) is 4.04. The van der Waals surface area contributed by atoms with Crippen molar-refractivity contribution in [1.29, 1.82) is 0 Å². The first-order chi connectivity index (χ1) is 13.1. The molecule has 0 aliphatic carbocycles. The summed E-state index contributed by atoms with van der Waals surface area (Å²) in [6.45, 7) is 0.457. The second kappa shape index (κ2) is 6.66. The molecular weight excluding hydrogens is 395 g/mol. The highest BCUT2D eigenvalue weighted by molar-refractivity contribution is 6.42. The van der Waals surface area contributed by atoms with Crippen LogP contribution in [0.4, 0.5) is 0 Å². The Bertz CT molecular complexity index is 1320. The predicted octanol–water partition coefficient (Wildman–Crippen LogP) is 5.46. The van der Waals surface area contributed by atoms with E-state index < -0.39 is 0 Å². The molecule has 5 rings (SSSR count). The molecule has 6 heteroatoms. The lowest BCUT2D eigenvalue weighted by molar-refractivity contribution is 0.0968. The zero-order chi connectivity index (χ0) is 18.7. The molecule has 0 saturated carbocycles. The third kappa shape index (κ3) is 2.53. The van der Waals surface area contributed by atoms with Gasteiger partial charge in [0.1, 0.15) is 5.56 Å². The monoisotopic (exact) mass is 410 g/mol. The van der Waals surface area contributed by atoms with E-state index in [0.29, 0.717) is 27.7 Å². The highest BCUT2D eigenvalue weighted by atomic mass is 35.5. The Balaban J connectivity index is 0.00000192. The van der Waals surface area contributed by atoms with Crippen LogP contribution in [0.2, 0.25) is 10.0 Å². The van der Waals surface area contributed by atoms with Crippen molar-refractivity contribution >= 4 is 40.0 Å². The van der Waals surface area contributed by atoms with Crippen molar-refractivity contribution in [2.75, 3.05) is 0 Å². The van der Waals surface area contributed by atoms with Crippen LogP contribution >= 0.6 is 23.2 Å². The molecule has 0 spiro atoms. The number of pyridine rings is 1. The zero-order valence-corrected chi connectivity index (χ0v) is 15.5. The van der Waals surface area contributed by atoms with E-state index in [-0.39, 0.29) is 24.3 Å². The highest BCUT2D eigenvalue weighted by Gasteiger charge is 2.32. The van der Waals surface area contributed by atoms with Gasteiger partial charge in [-0.1, -0.05) is 48.8 Å². The van der Waals surface area contributed by atoms with Crippen molar-refractivity contribution in [2.45, 2.75) is 14.0 Å². The van der Waals surface area contributed by atoms with Crippen LogP contribution in [0.15, 0.2) is 65.6 Å². The maximum atomic E-state index is 13.0. The minimum atomic E-state index is -0.288. The van der Waals surface area contributed by atoms with Crippen LogP contribution < -0.4 is 5.43 Å². The summed E-state index contributed by atoms with van der Waals surface area (Å²) in [5, 5.41) is 1.48. The molecule has 0 amide bonds. The average Bonchev–Trinajstić information content (AvgIpc) is 3.24. The van der Waals surface area contributed by atoms with Gasteiger partial charge in [-0.15, -0.1) is 0 Å². The molecule has 140 valence electrons. The molecule has 2 aromatic heterocycles. The van der Waals surface area contributed by atoms with Crippen LogP contribution in [0.1, 0.15) is 23.3 Å². The Morgan fingerprint density at radius 3 is 2.46 bits per heavy atom. The number of para-hydroxylation sites is 1. The molecular formula is C22H16Cl2N2O2. The largest absolute Gasteiger partial charge is 0.334 e. The van der Waals surface area contributed by atoms with Crippen molar-refractivity contribution in [1.82, 2.24) is 9.13 Å². The molecule has 0 N–H and O–H groups in total. The Kier molecular flexibility index (Phi) is 4.41. The summed E-state index contributed by atoms with van der Waals surface area (Å²) >= 11 is 12.2. The van der Waals surface area contributed by atoms with E-state index in [9.17, 15) is 9.59 Å². The van der Waals surface area contributed by atoms with Crippen LogP contribution in [0.25, 0.3) is 22.3 Å².